The predicted octanol–water partition coefficient (Wildman–Crippen LogP) is 2.46. The smallest absolute Gasteiger partial charge is 0.243 e. The van der Waals surface area contributed by atoms with Gasteiger partial charge in [-0.25, -0.2) is 12.7 Å². The lowest BCUT2D eigenvalue weighted by Crippen LogP contribution is -2.32. The third-order valence-electron chi connectivity index (χ3n) is 2.98. The highest BCUT2D eigenvalue weighted by molar-refractivity contribution is 7.89. The van der Waals surface area contributed by atoms with E-state index in [4.69, 9.17) is 0 Å². The largest absolute Gasteiger partial charge is 0.310 e. The third-order valence-corrected chi connectivity index (χ3v) is 4.91. The molecule has 0 atom stereocenters. The first-order chi connectivity index (χ1) is 9.25. The lowest BCUT2D eigenvalue weighted by atomic mass is 10.2. The van der Waals surface area contributed by atoms with Gasteiger partial charge in [-0.1, -0.05) is 45.9 Å². The summed E-state index contributed by atoms with van der Waals surface area (Å²) >= 11 is 0. The average molecular weight is 298 g/mol. The standard InChI is InChI=1S/C15H26N2O2S/c1-12(2)11-17(5)20(18,19)15-9-7-6-8-14(15)10-16-13(3)4/h6-9,12-13,16H,10-11H2,1-5H3. The van der Waals surface area contributed by atoms with Crippen molar-refractivity contribution >= 4 is 10.0 Å². The number of rotatable bonds is 7. The maximum absolute atomic E-state index is 12.6. The molecule has 0 fully saturated rings. The van der Waals surface area contributed by atoms with Crippen LogP contribution in [0.1, 0.15) is 33.3 Å². The molecule has 0 radical (unpaired) electrons. The van der Waals surface area contributed by atoms with Gasteiger partial charge in [0.25, 0.3) is 0 Å². The number of hydrogen-bond donors (Lipinski definition) is 1. The van der Waals surface area contributed by atoms with E-state index < -0.39 is 10.0 Å². The molecule has 0 saturated carbocycles. The highest BCUT2D eigenvalue weighted by Gasteiger charge is 2.23. The molecule has 0 aliphatic rings. The molecule has 0 aliphatic heterocycles. The Morgan fingerprint density at radius 3 is 2.30 bits per heavy atom. The fourth-order valence-corrected chi connectivity index (χ4v) is 3.55. The molecule has 5 heteroatoms. The van der Waals surface area contributed by atoms with Crippen LogP contribution in [0.25, 0.3) is 0 Å². The Balaban J connectivity index is 3.05. The molecule has 114 valence electrons. The molecule has 20 heavy (non-hydrogen) atoms. The minimum atomic E-state index is -3.42. The first-order valence-electron chi connectivity index (χ1n) is 7.02. The molecule has 0 unspecified atom stereocenters. The van der Waals surface area contributed by atoms with Crippen LogP contribution in [0.4, 0.5) is 0 Å². The number of sulfonamides is 1. The predicted molar refractivity (Wildman–Crippen MR) is 83.1 cm³/mol. The molecule has 0 amide bonds. The molecule has 1 aromatic rings. The van der Waals surface area contributed by atoms with Gasteiger partial charge in [-0.3, -0.25) is 0 Å². The van der Waals surface area contributed by atoms with Gasteiger partial charge < -0.3 is 5.32 Å². The van der Waals surface area contributed by atoms with Gasteiger partial charge in [-0.15, -0.1) is 0 Å². The van der Waals surface area contributed by atoms with E-state index in [9.17, 15) is 8.42 Å². The summed E-state index contributed by atoms with van der Waals surface area (Å²) in [6.45, 7) is 9.19. The van der Waals surface area contributed by atoms with Gasteiger partial charge in [0.15, 0.2) is 0 Å². The summed E-state index contributed by atoms with van der Waals surface area (Å²) in [7, 11) is -1.78. The molecule has 1 rings (SSSR count). The van der Waals surface area contributed by atoms with Crippen molar-refractivity contribution in [3.05, 3.63) is 29.8 Å². The van der Waals surface area contributed by atoms with Gasteiger partial charge >= 0.3 is 0 Å². The summed E-state index contributed by atoms with van der Waals surface area (Å²) in [6.07, 6.45) is 0. The van der Waals surface area contributed by atoms with Crippen molar-refractivity contribution in [3.63, 3.8) is 0 Å². The van der Waals surface area contributed by atoms with Crippen LogP contribution in [0.3, 0.4) is 0 Å². The third kappa shape index (κ3) is 4.58. The second kappa shape index (κ2) is 7.20. The maximum atomic E-state index is 12.6. The normalized spacial score (nSPS) is 12.6. The highest BCUT2D eigenvalue weighted by Crippen LogP contribution is 2.20. The summed E-state index contributed by atoms with van der Waals surface area (Å²) in [5.41, 5.74) is 0.816. The van der Waals surface area contributed by atoms with E-state index in [0.717, 1.165) is 5.56 Å². The Bertz CT molecular complexity index is 524. The van der Waals surface area contributed by atoms with Gasteiger partial charge in [-0.05, 0) is 17.5 Å². The van der Waals surface area contributed by atoms with Crippen molar-refractivity contribution in [2.24, 2.45) is 5.92 Å². The quantitative estimate of drug-likeness (QED) is 0.841. The van der Waals surface area contributed by atoms with Crippen LogP contribution in [0.5, 0.6) is 0 Å². The van der Waals surface area contributed by atoms with Gasteiger partial charge in [0.05, 0.1) is 4.90 Å². The minimum absolute atomic E-state index is 0.302. The first-order valence-corrected chi connectivity index (χ1v) is 8.46. The van der Waals surface area contributed by atoms with Crippen molar-refractivity contribution < 1.29 is 8.42 Å². The monoisotopic (exact) mass is 298 g/mol. The van der Waals surface area contributed by atoms with Crippen LogP contribution in [0.2, 0.25) is 0 Å². The zero-order valence-electron chi connectivity index (χ0n) is 13.1. The Kier molecular flexibility index (Phi) is 6.17. The van der Waals surface area contributed by atoms with E-state index >= 15 is 0 Å². The summed E-state index contributed by atoms with van der Waals surface area (Å²) in [6, 6.07) is 7.52. The van der Waals surface area contributed by atoms with E-state index in [2.05, 4.69) is 5.32 Å². The fraction of sp³-hybridized carbons (Fsp3) is 0.600. The van der Waals surface area contributed by atoms with Gasteiger partial charge in [-0.2, -0.15) is 0 Å². The van der Waals surface area contributed by atoms with Crippen LogP contribution in [-0.2, 0) is 16.6 Å². The zero-order chi connectivity index (χ0) is 15.3. The Hall–Kier alpha value is -0.910. The number of nitrogens with one attached hydrogen (secondary N) is 1. The summed E-state index contributed by atoms with van der Waals surface area (Å²) in [5, 5.41) is 3.27. The zero-order valence-corrected chi connectivity index (χ0v) is 13.9. The van der Waals surface area contributed by atoms with Crippen molar-refractivity contribution in [1.29, 1.82) is 0 Å². The lowest BCUT2D eigenvalue weighted by Gasteiger charge is -2.21. The van der Waals surface area contributed by atoms with Crippen LogP contribution < -0.4 is 5.32 Å². The SMILES string of the molecule is CC(C)CN(C)S(=O)(=O)c1ccccc1CNC(C)C. The van der Waals surface area contributed by atoms with Gasteiger partial charge in [0.2, 0.25) is 10.0 Å². The second-order valence-electron chi connectivity index (χ2n) is 5.82. The van der Waals surface area contributed by atoms with E-state index in [-0.39, 0.29) is 0 Å². The maximum Gasteiger partial charge on any atom is 0.243 e. The Labute approximate surface area is 123 Å². The van der Waals surface area contributed by atoms with Crippen LogP contribution in [0, 0.1) is 5.92 Å². The molecular formula is C15H26N2O2S. The summed E-state index contributed by atoms with van der Waals surface area (Å²) in [4.78, 5) is 0.399. The minimum Gasteiger partial charge on any atom is -0.310 e. The van der Waals surface area contributed by atoms with E-state index in [1.807, 2.05) is 39.8 Å². The van der Waals surface area contributed by atoms with Crippen molar-refractivity contribution in [2.45, 2.75) is 45.2 Å². The Morgan fingerprint density at radius 1 is 1.15 bits per heavy atom. The van der Waals surface area contributed by atoms with Crippen molar-refractivity contribution in [2.75, 3.05) is 13.6 Å². The first kappa shape index (κ1) is 17.1. The molecule has 0 spiro atoms. The fourth-order valence-electron chi connectivity index (χ4n) is 2.00. The molecule has 0 saturated heterocycles. The number of nitrogens with zero attached hydrogens (tertiary/aromatic N) is 1. The van der Waals surface area contributed by atoms with E-state index in [1.54, 1.807) is 19.2 Å². The molecule has 0 aromatic heterocycles. The van der Waals surface area contributed by atoms with Crippen molar-refractivity contribution in [3.8, 4) is 0 Å². The number of benzene rings is 1. The second-order valence-corrected chi connectivity index (χ2v) is 7.84. The Morgan fingerprint density at radius 2 is 1.75 bits per heavy atom. The summed E-state index contributed by atoms with van der Waals surface area (Å²) < 4.78 is 26.7. The van der Waals surface area contributed by atoms with E-state index in [0.29, 0.717) is 29.9 Å². The van der Waals surface area contributed by atoms with Crippen LogP contribution in [-0.4, -0.2) is 32.4 Å². The van der Waals surface area contributed by atoms with Crippen molar-refractivity contribution in [1.82, 2.24) is 9.62 Å². The topological polar surface area (TPSA) is 49.4 Å². The van der Waals surface area contributed by atoms with Gasteiger partial charge in [0.1, 0.15) is 0 Å². The van der Waals surface area contributed by atoms with Gasteiger partial charge in [0, 0.05) is 26.2 Å². The molecule has 1 aromatic carbocycles. The molecule has 0 bridgehead atoms. The molecule has 0 aliphatic carbocycles. The van der Waals surface area contributed by atoms with E-state index in [1.165, 1.54) is 4.31 Å². The lowest BCUT2D eigenvalue weighted by molar-refractivity contribution is 0.416. The molecule has 4 nitrogen and oxygen atoms in total. The molecule has 1 N–H and O–H groups in total. The number of hydrogen-bond acceptors (Lipinski definition) is 3. The molecule has 0 heterocycles. The van der Waals surface area contributed by atoms with Crippen LogP contribution in [0.15, 0.2) is 29.2 Å². The summed E-state index contributed by atoms with van der Waals surface area (Å²) in [5.74, 6) is 0.302. The van der Waals surface area contributed by atoms with Crippen LogP contribution >= 0.6 is 0 Å². The highest BCUT2D eigenvalue weighted by atomic mass is 32.2. The average Bonchev–Trinajstić information content (AvgIpc) is 2.35. The molecular weight excluding hydrogens is 272 g/mol.